The predicted molar refractivity (Wildman–Crippen MR) is 135 cm³/mol. The molecule has 2 aromatic carbocycles. The van der Waals surface area contributed by atoms with Crippen molar-refractivity contribution in [1.82, 2.24) is 10.3 Å². The van der Waals surface area contributed by atoms with E-state index in [9.17, 15) is 19.7 Å². The molecule has 1 atom stereocenters. The summed E-state index contributed by atoms with van der Waals surface area (Å²) in [4.78, 5) is 40.1. The monoisotopic (exact) mass is 529 g/mol. The Morgan fingerprint density at radius 3 is 2.71 bits per heavy atom. The summed E-state index contributed by atoms with van der Waals surface area (Å²) < 4.78 is 0.768. The summed E-state index contributed by atoms with van der Waals surface area (Å²) in [6.07, 6.45) is 3.06. The molecule has 180 valence electrons. The fourth-order valence-electron chi connectivity index (χ4n) is 4.09. The van der Waals surface area contributed by atoms with Gasteiger partial charge in [-0.25, -0.2) is 5.43 Å². The van der Waals surface area contributed by atoms with Gasteiger partial charge < -0.3 is 9.80 Å². The first kappa shape index (κ1) is 25.4. The van der Waals surface area contributed by atoms with Crippen LogP contribution < -0.4 is 10.3 Å². The van der Waals surface area contributed by atoms with Crippen LogP contribution in [0.1, 0.15) is 42.6 Å². The Labute approximate surface area is 207 Å². The predicted octanol–water partition coefficient (Wildman–Crippen LogP) is 4.21. The molecule has 0 aromatic heterocycles. The number of nitro benzene ring substituents is 1. The van der Waals surface area contributed by atoms with Crippen LogP contribution in [-0.4, -0.2) is 54.0 Å². The zero-order valence-corrected chi connectivity index (χ0v) is 20.8. The molecule has 0 aliphatic carbocycles. The first-order chi connectivity index (χ1) is 16.3. The van der Waals surface area contributed by atoms with Gasteiger partial charge in [0, 0.05) is 59.6 Å². The van der Waals surface area contributed by atoms with Crippen molar-refractivity contribution < 1.29 is 14.5 Å². The molecule has 2 aromatic rings. The molecule has 1 heterocycles. The first-order valence-corrected chi connectivity index (χ1v) is 12.0. The molecule has 1 saturated heterocycles. The molecular weight excluding hydrogens is 502 g/mol. The number of anilines is 1. The molecule has 0 spiro atoms. The zero-order valence-electron chi connectivity index (χ0n) is 19.2. The van der Waals surface area contributed by atoms with Gasteiger partial charge in [-0.1, -0.05) is 22.0 Å². The van der Waals surface area contributed by atoms with E-state index in [4.69, 9.17) is 0 Å². The minimum absolute atomic E-state index is 0.0729. The molecule has 1 aliphatic rings. The van der Waals surface area contributed by atoms with Crippen LogP contribution in [0.5, 0.6) is 0 Å². The molecule has 1 aliphatic heterocycles. The Morgan fingerprint density at radius 2 is 2.03 bits per heavy atom. The van der Waals surface area contributed by atoms with E-state index in [-0.39, 0.29) is 17.5 Å². The number of hydrazone groups is 1. The van der Waals surface area contributed by atoms with Gasteiger partial charge in [-0.3, -0.25) is 19.7 Å². The fourth-order valence-corrected chi connectivity index (χ4v) is 4.49. The molecule has 1 fully saturated rings. The van der Waals surface area contributed by atoms with Crippen LogP contribution in [0.2, 0.25) is 0 Å². The number of carbonyl (C=O) groups is 2. The number of nitrogens with one attached hydrogen (secondary N) is 1. The second kappa shape index (κ2) is 11.7. The molecular formula is C24H28BrN5O4. The van der Waals surface area contributed by atoms with Crippen molar-refractivity contribution in [2.24, 2.45) is 11.0 Å². The number of non-ortho nitro benzene ring substituents is 1. The van der Waals surface area contributed by atoms with Crippen molar-refractivity contribution in [3.63, 3.8) is 0 Å². The van der Waals surface area contributed by atoms with E-state index in [1.54, 1.807) is 24.3 Å². The number of hydrogen-bond donors (Lipinski definition) is 1. The van der Waals surface area contributed by atoms with E-state index < -0.39 is 10.8 Å². The van der Waals surface area contributed by atoms with Crippen LogP contribution in [0.15, 0.2) is 52.0 Å². The molecule has 0 unspecified atom stereocenters. The Balaban J connectivity index is 1.82. The topological polar surface area (TPSA) is 108 Å². The Morgan fingerprint density at radius 1 is 1.26 bits per heavy atom. The van der Waals surface area contributed by atoms with Gasteiger partial charge in [-0.05, 0) is 51.0 Å². The molecule has 0 saturated carbocycles. The molecule has 0 radical (unpaired) electrons. The van der Waals surface area contributed by atoms with E-state index in [1.807, 2.05) is 24.8 Å². The number of halogens is 1. The number of amides is 2. The largest absolute Gasteiger partial charge is 0.370 e. The second-order valence-corrected chi connectivity index (χ2v) is 8.92. The van der Waals surface area contributed by atoms with Crippen LogP contribution in [0.25, 0.3) is 0 Å². The van der Waals surface area contributed by atoms with Gasteiger partial charge in [-0.15, -0.1) is 0 Å². The SMILES string of the molecule is CCN(CC)C(=O)[C@H]1CCCN(c2ccc([N+](=O)[O-])cc2/C=N\NC(=O)c2cccc(Br)c2)C1. The van der Waals surface area contributed by atoms with Crippen molar-refractivity contribution >= 4 is 45.3 Å². The number of nitro groups is 1. The third-order valence-electron chi connectivity index (χ3n) is 5.86. The lowest BCUT2D eigenvalue weighted by Crippen LogP contribution is -2.45. The lowest BCUT2D eigenvalue weighted by molar-refractivity contribution is -0.384. The third-order valence-corrected chi connectivity index (χ3v) is 6.36. The highest BCUT2D eigenvalue weighted by atomic mass is 79.9. The minimum Gasteiger partial charge on any atom is -0.370 e. The van der Waals surface area contributed by atoms with Gasteiger partial charge in [0.25, 0.3) is 11.6 Å². The molecule has 3 rings (SSSR count). The van der Waals surface area contributed by atoms with E-state index in [2.05, 4.69) is 31.4 Å². The standard InChI is InChI=1S/C24H28BrN5O4/c1-3-28(4-2)24(32)18-8-6-12-29(16-18)22-11-10-21(30(33)34)14-19(22)15-26-27-23(31)17-7-5-9-20(25)13-17/h5,7,9-11,13-15,18H,3-4,6,8,12,16H2,1-2H3,(H,27,31)/b26-15-/t18-/m0/s1. The van der Waals surface area contributed by atoms with E-state index in [0.717, 1.165) is 29.5 Å². The number of hydrogen-bond acceptors (Lipinski definition) is 6. The minimum atomic E-state index is -0.468. The highest BCUT2D eigenvalue weighted by Gasteiger charge is 2.29. The lowest BCUT2D eigenvalue weighted by Gasteiger charge is -2.36. The Kier molecular flexibility index (Phi) is 8.75. The first-order valence-electron chi connectivity index (χ1n) is 11.2. The Hall–Kier alpha value is -3.27. The van der Waals surface area contributed by atoms with E-state index in [1.165, 1.54) is 18.3 Å². The van der Waals surface area contributed by atoms with Gasteiger partial charge in [0.15, 0.2) is 0 Å². The average molecular weight is 530 g/mol. The third kappa shape index (κ3) is 6.19. The molecule has 0 bridgehead atoms. The lowest BCUT2D eigenvalue weighted by atomic mass is 9.95. The number of rotatable bonds is 8. The summed E-state index contributed by atoms with van der Waals surface area (Å²) in [5.41, 5.74) is 4.07. The fraction of sp³-hybridized carbons (Fsp3) is 0.375. The summed E-state index contributed by atoms with van der Waals surface area (Å²) in [6, 6.07) is 11.4. The highest BCUT2D eigenvalue weighted by molar-refractivity contribution is 9.10. The zero-order chi connectivity index (χ0) is 24.7. The number of benzene rings is 2. The summed E-state index contributed by atoms with van der Waals surface area (Å²) in [5, 5.41) is 15.4. The van der Waals surface area contributed by atoms with Crippen LogP contribution in [-0.2, 0) is 4.79 Å². The summed E-state index contributed by atoms with van der Waals surface area (Å²) >= 11 is 3.33. The maximum atomic E-state index is 12.9. The molecule has 10 heteroatoms. The average Bonchev–Trinajstić information content (AvgIpc) is 2.84. The van der Waals surface area contributed by atoms with Crippen molar-refractivity contribution in [3.8, 4) is 0 Å². The van der Waals surface area contributed by atoms with Gasteiger partial charge in [0.1, 0.15) is 0 Å². The summed E-state index contributed by atoms with van der Waals surface area (Å²) in [7, 11) is 0. The van der Waals surface area contributed by atoms with Crippen molar-refractivity contribution in [1.29, 1.82) is 0 Å². The van der Waals surface area contributed by atoms with Crippen LogP contribution in [0, 0.1) is 16.0 Å². The maximum absolute atomic E-state index is 12.9. The van der Waals surface area contributed by atoms with Crippen molar-refractivity contribution in [2.75, 3.05) is 31.1 Å². The quantitative estimate of drug-likeness (QED) is 0.313. The maximum Gasteiger partial charge on any atom is 0.271 e. The number of piperidine rings is 1. The van der Waals surface area contributed by atoms with Crippen LogP contribution >= 0.6 is 15.9 Å². The molecule has 1 N–H and O–H groups in total. The van der Waals surface area contributed by atoms with Crippen LogP contribution in [0.3, 0.4) is 0 Å². The summed E-state index contributed by atoms with van der Waals surface area (Å²) in [6.45, 7) is 6.52. The summed E-state index contributed by atoms with van der Waals surface area (Å²) in [5.74, 6) is -0.398. The molecule has 9 nitrogen and oxygen atoms in total. The van der Waals surface area contributed by atoms with Crippen LogP contribution in [0.4, 0.5) is 11.4 Å². The normalized spacial score (nSPS) is 15.9. The second-order valence-electron chi connectivity index (χ2n) is 8.01. The number of carbonyl (C=O) groups excluding carboxylic acids is 2. The van der Waals surface area contributed by atoms with E-state index >= 15 is 0 Å². The number of nitrogens with zero attached hydrogens (tertiary/aromatic N) is 4. The van der Waals surface area contributed by atoms with Gasteiger partial charge in [0.2, 0.25) is 5.91 Å². The smallest absolute Gasteiger partial charge is 0.271 e. The molecule has 34 heavy (non-hydrogen) atoms. The Bertz CT molecular complexity index is 1090. The van der Waals surface area contributed by atoms with Crippen molar-refractivity contribution in [3.05, 3.63) is 68.2 Å². The van der Waals surface area contributed by atoms with Gasteiger partial charge >= 0.3 is 0 Å². The highest BCUT2D eigenvalue weighted by Crippen LogP contribution is 2.29. The van der Waals surface area contributed by atoms with Crippen molar-refractivity contribution in [2.45, 2.75) is 26.7 Å². The molecule has 2 amide bonds. The van der Waals surface area contributed by atoms with Gasteiger partial charge in [0.05, 0.1) is 17.1 Å². The van der Waals surface area contributed by atoms with E-state index in [0.29, 0.717) is 30.8 Å². The van der Waals surface area contributed by atoms with Gasteiger partial charge in [-0.2, -0.15) is 5.10 Å².